The van der Waals surface area contributed by atoms with E-state index in [9.17, 15) is 0 Å². The number of halogens is 2. The Balaban J connectivity index is 2.22. The molecule has 0 saturated heterocycles. The molecule has 0 radical (unpaired) electrons. The van der Waals surface area contributed by atoms with Gasteiger partial charge in [-0.25, -0.2) is 4.98 Å². The molecule has 0 atom stereocenters. The first kappa shape index (κ1) is 14.4. The van der Waals surface area contributed by atoms with E-state index in [2.05, 4.69) is 26.2 Å². The number of hydrogen-bond acceptors (Lipinski definition) is 3. The maximum Gasteiger partial charge on any atom is 0.207 e. The summed E-state index contributed by atoms with van der Waals surface area (Å²) in [6.07, 6.45) is 1.99. The van der Waals surface area contributed by atoms with Crippen LogP contribution < -0.4 is 5.32 Å². The van der Waals surface area contributed by atoms with E-state index in [-0.39, 0.29) is 0 Å². The fourth-order valence-corrected chi connectivity index (χ4v) is 2.50. The first-order chi connectivity index (χ1) is 9.10. The van der Waals surface area contributed by atoms with Crippen molar-refractivity contribution in [2.75, 3.05) is 19.0 Å². The molecular formula is C13H15BrClN3O. The summed E-state index contributed by atoms with van der Waals surface area (Å²) >= 11 is 9.41. The molecule has 0 fully saturated rings. The molecule has 19 heavy (non-hydrogen) atoms. The van der Waals surface area contributed by atoms with Gasteiger partial charge in [0, 0.05) is 29.3 Å². The molecule has 1 heterocycles. The fourth-order valence-electron chi connectivity index (χ4n) is 1.72. The lowest BCUT2D eigenvalue weighted by molar-refractivity contribution is 0.188. The summed E-state index contributed by atoms with van der Waals surface area (Å²) < 4.78 is 8.03. The van der Waals surface area contributed by atoms with Gasteiger partial charge in [-0.2, -0.15) is 0 Å². The van der Waals surface area contributed by atoms with E-state index in [1.165, 1.54) is 0 Å². The van der Waals surface area contributed by atoms with Crippen LogP contribution in [0.25, 0.3) is 0 Å². The largest absolute Gasteiger partial charge is 0.383 e. The molecule has 1 aromatic carbocycles. The number of rotatable bonds is 5. The number of methoxy groups -OCH3 is 1. The smallest absolute Gasteiger partial charge is 0.207 e. The number of nitrogens with zero attached hydrogens (tertiary/aromatic N) is 2. The van der Waals surface area contributed by atoms with Gasteiger partial charge in [-0.3, -0.25) is 0 Å². The van der Waals surface area contributed by atoms with E-state index < -0.39 is 0 Å². The van der Waals surface area contributed by atoms with Crippen LogP contribution in [-0.4, -0.2) is 23.3 Å². The van der Waals surface area contributed by atoms with Gasteiger partial charge in [-0.05, 0) is 41.1 Å². The Labute approximate surface area is 125 Å². The Morgan fingerprint density at radius 2 is 2.26 bits per heavy atom. The number of imidazole rings is 1. The summed E-state index contributed by atoms with van der Waals surface area (Å²) in [4.78, 5) is 4.46. The molecule has 0 amide bonds. The van der Waals surface area contributed by atoms with Crippen LogP contribution in [-0.2, 0) is 11.3 Å². The van der Waals surface area contributed by atoms with E-state index >= 15 is 0 Å². The van der Waals surface area contributed by atoms with E-state index in [0.717, 1.165) is 28.3 Å². The number of ether oxygens (including phenoxy) is 1. The van der Waals surface area contributed by atoms with Crippen molar-refractivity contribution in [1.82, 2.24) is 9.55 Å². The minimum absolute atomic E-state index is 0.645. The van der Waals surface area contributed by atoms with Gasteiger partial charge in [0.1, 0.15) is 0 Å². The predicted molar refractivity (Wildman–Crippen MR) is 81.3 cm³/mol. The van der Waals surface area contributed by atoms with Crippen LogP contribution in [0.15, 0.2) is 28.9 Å². The molecule has 1 N–H and O–H groups in total. The molecule has 0 aliphatic heterocycles. The second-order valence-corrected chi connectivity index (χ2v) is 5.43. The third-order valence-electron chi connectivity index (χ3n) is 2.61. The standard InChI is InChI=1S/C13H15BrClN3O/c1-9-8-18(5-6-19-2)13(16-9)17-12-4-3-10(15)7-11(12)14/h3-4,7-8H,5-6H2,1-2H3,(H,16,17). The van der Waals surface area contributed by atoms with Crippen LogP contribution in [0, 0.1) is 6.92 Å². The van der Waals surface area contributed by atoms with Gasteiger partial charge in [0.2, 0.25) is 5.95 Å². The second-order valence-electron chi connectivity index (χ2n) is 4.14. The number of aromatic nitrogens is 2. The van der Waals surface area contributed by atoms with Gasteiger partial charge >= 0.3 is 0 Å². The maximum atomic E-state index is 5.93. The van der Waals surface area contributed by atoms with E-state index in [1.807, 2.05) is 35.9 Å². The fraction of sp³-hybridized carbons (Fsp3) is 0.308. The van der Waals surface area contributed by atoms with E-state index in [0.29, 0.717) is 11.6 Å². The van der Waals surface area contributed by atoms with Crippen LogP contribution >= 0.6 is 27.5 Å². The van der Waals surface area contributed by atoms with Crippen LogP contribution in [0.5, 0.6) is 0 Å². The topological polar surface area (TPSA) is 39.1 Å². The number of anilines is 2. The molecule has 1 aromatic heterocycles. The SMILES string of the molecule is COCCn1cc(C)nc1Nc1ccc(Cl)cc1Br. The number of nitrogens with one attached hydrogen (secondary N) is 1. The normalized spacial score (nSPS) is 10.7. The molecule has 0 unspecified atom stereocenters. The highest BCUT2D eigenvalue weighted by atomic mass is 79.9. The zero-order valence-corrected chi connectivity index (χ0v) is 13.1. The Morgan fingerprint density at radius 1 is 1.47 bits per heavy atom. The van der Waals surface area contributed by atoms with Gasteiger partial charge in [0.25, 0.3) is 0 Å². The van der Waals surface area contributed by atoms with Crippen molar-refractivity contribution in [2.45, 2.75) is 13.5 Å². The van der Waals surface area contributed by atoms with Crippen LogP contribution in [0.3, 0.4) is 0 Å². The van der Waals surface area contributed by atoms with Gasteiger partial charge in [-0.1, -0.05) is 11.6 Å². The molecule has 0 bridgehead atoms. The second kappa shape index (κ2) is 6.41. The zero-order chi connectivity index (χ0) is 13.8. The molecule has 0 saturated carbocycles. The average molecular weight is 345 g/mol. The predicted octanol–water partition coefficient (Wildman–Crippen LogP) is 4.00. The Morgan fingerprint density at radius 3 is 2.95 bits per heavy atom. The number of hydrogen-bond donors (Lipinski definition) is 1. The summed E-state index contributed by atoms with van der Waals surface area (Å²) in [6.45, 7) is 3.36. The minimum atomic E-state index is 0.645. The van der Waals surface area contributed by atoms with Crippen molar-refractivity contribution in [2.24, 2.45) is 0 Å². The highest BCUT2D eigenvalue weighted by Crippen LogP contribution is 2.28. The van der Waals surface area contributed by atoms with Crippen molar-refractivity contribution in [3.8, 4) is 0 Å². The summed E-state index contributed by atoms with van der Waals surface area (Å²) in [5.41, 5.74) is 1.89. The van der Waals surface area contributed by atoms with Crippen LogP contribution in [0.4, 0.5) is 11.6 Å². The highest BCUT2D eigenvalue weighted by molar-refractivity contribution is 9.10. The van der Waals surface area contributed by atoms with Crippen molar-refractivity contribution in [1.29, 1.82) is 0 Å². The molecular weight excluding hydrogens is 330 g/mol. The lowest BCUT2D eigenvalue weighted by Crippen LogP contribution is -2.07. The molecule has 0 aliphatic carbocycles. The number of aryl methyl sites for hydroxylation is 1. The molecule has 2 aromatic rings. The van der Waals surface area contributed by atoms with Crippen LogP contribution in [0.1, 0.15) is 5.69 Å². The third-order valence-corrected chi connectivity index (χ3v) is 3.50. The van der Waals surface area contributed by atoms with Crippen molar-refractivity contribution >= 4 is 39.2 Å². The summed E-state index contributed by atoms with van der Waals surface area (Å²) in [5.74, 6) is 0.789. The first-order valence-corrected chi connectivity index (χ1v) is 7.02. The van der Waals surface area contributed by atoms with Gasteiger partial charge in [0.05, 0.1) is 18.0 Å². The Bertz CT molecular complexity index is 571. The first-order valence-electron chi connectivity index (χ1n) is 5.85. The molecule has 6 heteroatoms. The Kier molecular flexibility index (Phi) is 4.85. The van der Waals surface area contributed by atoms with Crippen LogP contribution in [0.2, 0.25) is 5.02 Å². The molecule has 2 rings (SSSR count). The van der Waals surface area contributed by atoms with Crippen molar-refractivity contribution in [3.05, 3.63) is 39.6 Å². The number of benzene rings is 1. The summed E-state index contributed by atoms with van der Waals surface area (Å²) in [5, 5.41) is 3.98. The maximum absolute atomic E-state index is 5.93. The minimum Gasteiger partial charge on any atom is -0.383 e. The van der Waals surface area contributed by atoms with Gasteiger partial charge < -0.3 is 14.6 Å². The summed E-state index contributed by atoms with van der Waals surface area (Å²) in [7, 11) is 1.69. The molecule has 0 spiro atoms. The molecule has 102 valence electrons. The third kappa shape index (κ3) is 3.72. The average Bonchev–Trinajstić information content (AvgIpc) is 2.70. The quantitative estimate of drug-likeness (QED) is 0.891. The van der Waals surface area contributed by atoms with Gasteiger partial charge in [-0.15, -0.1) is 0 Å². The zero-order valence-electron chi connectivity index (χ0n) is 10.8. The lowest BCUT2D eigenvalue weighted by atomic mass is 10.3. The van der Waals surface area contributed by atoms with Gasteiger partial charge in [0.15, 0.2) is 0 Å². The van der Waals surface area contributed by atoms with E-state index in [1.54, 1.807) is 7.11 Å². The molecule has 4 nitrogen and oxygen atoms in total. The Hall–Kier alpha value is -1.04. The monoisotopic (exact) mass is 343 g/mol. The van der Waals surface area contributed by atoms with Crippen molar-refractivity contribution < 1.29 is 4.74 Å². The van der Waals surface area contributed by atoms with Crippen molar-refractivity contribution in [3.63, 3.8) is 0 Å². The molecule has 0 aliphatic rings. The highest BCUT2D eigenvalue weighted by Gasteiger charge is 2.08. The summed E-state index contributed by atoms with van der Waals surface area (Å²) in [6, 6.07) is 5.60. The lowest BCUT2D eigenvalue weighted by Gasteiger charge is -2.10. The van der Waals surface area contributed by atoms with E-state index in [4.69, 9.17) is 16.3 Å².